The lowest BCUT2D eigenvalue weighted by atomic mass is 9.81. The molecular formula is C21H39P. The van der Waals surface area contributed by atoms with Crippen LogP contribution in [-0.2, 0) is 0 Å². The van der Waals surface area contributed by atoms with Crippen LogP contribution in [0.15, 0.2) is 23.0 Å². The summed E-state index contributed by atoms with van der Waals surface area (Å²) in [7, 11) is 0. The summed E-state index contributed by atoms with van der Waals surface area (Å²) in [5.74, 6) is 0. The summed E-state index contributed by atoms with van der Waals surface area (Å²) in [4.78, 5) is 0. The smallest absolute Gasteiger partial charge is 0.0128 e. The minimum Gasteiger partial charge on any atom is -0.0777 e. The molecule has 1 aliphatic heterocycles. The molecule has 0 aromatic heterocycles. The first-order chi connectivity index (χ1) is 9.70. The van der Waals surface area contributed by atoms with Crippen LogP contribution in [0.5, 0.6) is 0 Å². The highest BCUT2D eigenvalue weighted by Gasteiger charge is 2.38. The number of hydrogen-bond acceptors (Lipinski definition) is 0. The van der Waals surface area contributed by atoms with Gasteiger partial charge in [-0.3, -0.25) is 0 Å². The molecule has 22 heavy (non-hydrogen) atoms. The van der Waals surface area contributed by atoms with Gasteiger partial charge in [-0.1, -0.05) is 95.2 Å². The molecule has 0 N–H and O–H groups in total. The third kappa shape index (κ3) is 3.64. The average Bonchev–Trinajstić information content (AvgIpc) is 2.33. The van der Waals surface area contributed by atoms with Crippen LogP contribution in [0.3, 0.4) is 0 Å². The third-order valence-electron chi connectivity index (χ3n) is 4.99. The van der Waals surface area contributed by atoms with Gasteiger partial charge in [0.2, 0.25) is 0 Å². The Bertz CT molecular complexity index is 523. The Morgan fingerprint density at radius 3 is 1.41 bits per heavy atom. The van der Waals surface area contributed by atoms with Gasteiger partial charge in [0.05, 0.1) is 0 Å². The fraction of sp³-hybridized carbons (Fsp3) is 0.762. The molecule has 0 aliphatic carbocycles. The quantitative estimate of drug-likeness (QED) is 0.472. The molecule has 0 nitrogen and oxygen atoms in total. The molecule has 128 valence electrons. The van der Waals surface area contributed by atoms with Gasteiger partial charge in [-0.15, -0.1) is 0 Å². The lowest BCUT2D eigenvalue weighted by Gasteiger charge is -2.45. The molecule has 0 aromatic rings. The predicted molar refractivity (Wildman–Crippen MR) is 108 cm³/mol. The maximum absolute atomic E-state index is 2.58. The van der Waals surface area contributed by atoms with Crippen LogP contribution in [-0.4, -0.2) is 17.6 Å². The van der Waals surface area contributed by atoms with Crippen molar-refractivity contribution in [2.45, 2.75) is 76.2 Å². The maximum atomic E-state index is 2.58. The Labute approximate surface area is 140 Å². The molecule has 0 aromatic carbocycles. The Hall–Kier alpha value is -0.220. The Morgan fingerprint density at radius 2 is 1.14 bits per heavy atom. The molecule has 1 rings (SSSR count). The molecule has 0 saturated heterocycles. The van der Waals surface area contributed by atoms with Crippen molar-refractivity contribution in [3.8, 4) is 0 Å². The summed E-state index contributed by atoms with van der Waals surface area (Å²) in [5.41, 5.74) is 2.23. The minimum atomic E-state index is -1.22. The van der Waals surface area contributed by atoms with E-state index in [-0.39, 0.29) is 16.2 Å². The molecule has 0 spiro atoms. The lowest BCUT2D eigenvalue weighted by Crippen LogP contribution is -2.29. The van der Waals surface area contributed by atoms with Crippen LogP contribution in [0.2, 0.25) is 0 Å². The second kappa shape index (κ2) is 6.01. The van der Waals surface area contributed by atoms with Crippen molar-refractivity contribution in [2.24, 2.45) is 16.2 Å². The SMILES string of the molecule is CCP1(CC)=C(C(C)(C)C)C=C(C(C)(C)C)C=C1C(C)(C)C. The van der Waals surface area contributed by atoms with E-state index in [9.17, 15) is 0 Å². The molecule has 0 fully saturated rings. The number of rotatable bonds is 2. The van der Waals surface area contributed by atoms with Crippen molar-refractivity contribution in [1.29, 1.82) is 0 Å². The van der Waals surface area contributed by atoms with Crippen LogP contribution in [0, 0.1) is 16.2 Å². The summed E-state index contributed by atoms with van der Waals surface area (Å²) in [6, 6.07) is 0. The average molecular weight is 323 g/mol. The van der Waals surface area contributed by atoms with E-state index in [1.165, 1.54) is 17.9 Å². The largest absolute Gasteiger partial charge is 0.0777 e. The Morgan fingerprint density at radius 1 is 0.682 bits per heavy atom. The van der Waals surface area contributed by atoms with Crippen molar-refractivity contribution in [1.82, 2.24) is 0 Å². The van der Waals surface area contributed by atoms with E-state index in [1.807, 2.05) is 0 Å². The van der Waals surface area contributed by atoms with Crippen molar-refractivity contribution in [3.63, 3.8) is 0 Å². The topological polar surface area (TPSA) is 0 Å². The minimum absolute atomic E-state index is 0.213. The zero-order valence-corrected chi connectivity index (χ0v) is 17.9. The van der Waals surface area contributed by atoms with Gasteiger partial charge in [0.15, 0.2) is 0 Å². The normalized spacial score (nSPS) is 19.9. The van der Waals surface area contributed by atoms with Crippen LogP contribution >= 0.6 is 6.89 Å². The van der Waals surface area contributed by atoms with Gasteiger partial charge in [-0.05, 0) is 44.7 Å². The first kappa shape index (κ1) is 19.8. The molecule has 0 atom stereocenters. The fourth-order valence-electron chi connectivity index (χ4n) is 3.77. The van der Waals surface area contributed by atoms with Crippen molar-refractivity contribution >= 4 is 12.2 Å². The molecule has 0 unspecified atom stereocenters. The molecule has 0 amide bonds. The van der Waals surface area contributed by atoms with Crippen molar-refractivity contribution < 1.29 is 0 Å². The van der Waals surface area contributed by atoms with Crippen molar-refractivity contribution in [3.05, 3.63) is 23.0 Å². The fourth-order valence-corrected chi connectivity index (χ4v) is 9.18. The monoisotopic (exact) mass is 322 g/mol. The van der Waals surface area contributed by atoms with Gasteiger partial charge in [0, 0.05) is 0 Å². The zero-order chi connectivity index (χ0) is 17.6. The standard InChI is InChI=1S/C21H39P/c1-12-22(13-2)17(20(6,7)8)14-16(19(3,4)5)15-18(22)21(9,10)11/h14-15H,12-13H2,1-11H3. The van der Waals surface area contributed by atoms with Gasteiger partial charge in [0.25, 0.3) is 0 Å². The van der Waals surface area contributed by atoms with Crippen LogP contribution < -0.4 is 0 Å². The van der Waals surface area contributed by atoms with Gasteiger partial charge >= 0.3 is 0 Å². The summed E-state index contributed by atoms with van der Waals surface area (Å²) >= 11 is 0. The van der Waals surface area contributed by atoms with Gasteiger partial charge in [-0.2, -0.15) is 0 Å². The van der Waals surface area contributed by atoms with E-state index >= 15 is 0 Å². The molecule has 0 saturated carbocycles. The third-order valence-corrected chi connectivity index (χ3v) is 10.6. The molecule has 1 aliphatic rings. The second-order valence-electron chi connectivity index (χ2n) is 9.86. The molecule has 0 radical (unpaired) electrons. The van der Waals surface area contributed by atoms with E-state index in [4.69, 9.17) is 0 Å². The van der Waals surface area contributed by atoms with E-state index in [0.29, 0.717) is 0 Å². The molecule has 0 bridgehead atoms. The van der Waals surface area contributed by atoms with Gasteiger partial charge in [0.1, 0.15) is 0 Å². The molecular weight excluding hydrogens is 283 g/mol. The Kier molecular flexibility index (Phi) is 5.42. The number of allylic oxidation sites excluding steroid dienone is 4. The van der Waals surface area contributed by atoms with Crippen LogP contribution in [0.25, 0.3) is 0 Å². The van der Waals surface area contributed by atoms with Crippen molar-refractivity contribution in [2.75, 3.05) is 12.3 Å². The lowest BCUT2D eigenvalue weighted by molar-refractivity contribution is 0.502. The highest BCUT2D eigenvalue weighted by Crippen LogP contribution is 2.66. The molecule has 1 heteroatoms. The predicted octanol–water partition coefficient (Wildman–Crippen LogP) is 7.18. The van der Waals surface area contributed by atoms with Crippen LogP contribution in [0.4, 0.5) is 0 Å². The summed E-state index contributed by atoms with van der Waals surface area (Å²) in [6.45, 7) is 25.1. The van der Waals surface area contributed by atoms with E-state index in [2.05, 4.69) is 88.3 Å². The summed E-state index contributed by atoms with van der Waals surface area (Å²) < 4.78 is 0. The summed E-state index contributed by atoms with van der Waals surface area (Å²) in [5, 5.41) is 3.48. The highest BCUT2D eigenvalue weighted by molar-refractivity contribution is 7.80. The molecule has 1 heterocycles. The van der Waals surface area contributed by atoms with Gasteiger partial charge in [-0.25, -0.2) is 0 Å². The highest BCUT2D eigenvalue weighted by atomic mass is 31.2. The van der Waals surface area contributed by atoms with Gasteiger partial charge < -0.3 is 0 Å². The van der Waals surface area contributed by atoms with E-state index in [1.54, 1.807) is 10.6 Å². The van der Waals surface area contributed by atoms with Crippen LogP contribution in [0.1, 0.15) is 76.2 Å². The Balaban J connectivity index is 3.92. The number of hydrogen-bond donors (Lipinski definition) is 0. The van der Waals surface area contributed by atoms with E-state index < -0.39 is 6.89 Å². The first-order valence-corrected chi connectivity index (χ1v) is 11.1. The zero-order valence-electron chi connectivity index (χ0n) is 17.0. The maximum Gasteiger partial charge on any atom is -0.0128 e. The first-order valence-electron chi connectivity index (χ1n) is 8.90. The summed E-state index contributed by atoms with van der Waals surface area (Å²) in [6.07, 6.45) is 7.76. The second-order valence-corrected chi connectivity index (χ2v) is 14.0. The van der Waals surface area contributed by atoms with E-state index in [0.717, 1.165) is 0 Å².